The predicted molar refractivity (Wildman–Crippen MR) is 91.6 cm³/mol. The Hall–Kier alpha value is -2.06. The van der Waals surface area contributed by atoms with Crippen molar-refractivity contribution in [1.29, 1.82) is 0 Å². The van der Waals surface area contributed by atoms with Crippen LogP contribution in [-0.2, 0) is 0 Å². The molecule has 0 saturated carbocycles. The van der Waals surface area contributed by atoms with Crippen LogP contribution in [0.2, 0.25) is 0 Å². The van der Waals surface area contributed by atoms with Gasteiger partial charge in [-0.15, -0.1) is 0 Å². The van der Waals surface area contributed by atoms with E-state index in [1.807, 2.05) is 49.4 Å². The molecule has 2 aromatic carbocycles. The lowest BCUT2D eigenvalue weighted by Gasteiger charge is -2.20. The van der Waals surface area contributed by atoms with Gasteiger partial charge in [0.25, 0.3) is 0 Å². The largest absolute Gasteiger partial charge is 0.507 e. The van der Waals surface area contributed by atoms with Crippen molar-refractivity contribution < 1.29 is 10.2 Å². The van der Waals surface area contributed by atoms with E-state index in [1.54, 1.807) is 12.1 Å². The average Bonchev–Trinajstić information content (AvgIpc) is 2.55. The van der Waals surface area contributed by atoms with Gasteiger partial charge in [0, 0.05) is 5.56 Å². The fourth-order valence-corrected chi connectivity index (χ4v) is 2.69. The zero-order valence-electron chi connectivity index (χ0n) is 13.3. The minimum Gasteiger partial charge on any atom is -0.507 e. The van der Waals surface area contributed by atoms with Gasteiger partial charge in [-0.25, -0.2) is 0 Å². The van der Waals surface area contributed by atoms with Gasteiger partial charge in [0.05, 0.1) is 0 Å². The highest BCUT2D eigenvalue weighted by Crippen LogP contribution is 2.38. The first kappa shape index (κ1) is 16.3. The molecule has 116 valence electrons. The molecule has 0 saturated heterocycles. The maximum absolute atomic E-state index is 10.9. The van der Waals surface area contributed by atoms with Crippen molar-refractivity contribution in [2.45, 2.75) is 39.2 Å². The molecule has 2 nitrogen and oxygen atoms in total. The van der Waals surface area contributed by atoms with Crippen LogP contribution in [0.1, 0.15) is 50.3 Å². The van der Waals surface area contributed by atoms with E-state index in [2.05, 4.69) is 6.92 Å². The summed E-state index contributed by atoms with van der Waals surface area (Å²) in [7, 11) is 0. The van der Waals surface area contributed by atoms with Gasteiger partial charge in [0.1, 0.15) is 11.9 Å². The first-order valence-corrected chi connectivity index (χ1v) is 7.86. The number of aliphatic hydroxyl groups excluding tert-OH is 1. The van der Waals surface area contributed by atoms with Gasteiger partial charge >= 0.3 is 0 Å². The Morgan fingerprint density at radius 2 is 1.64 bits per heavy atom. The zero-order valence-corrected chi connectivity index (χ0v) is 13.3. The van der Waals surface area contributed by atoms with Crippen molar-refractivity contribution in [3.8, 4) is 5.75 Å². The van der Waals surface area contributed by atoms with Gasteiger partial charge in [-0.05, 0) is 37.0 Å². The Morgan fingerprint density at radius 1 is 1.00 bits per heavy atom. The van der Waals surface area contributed by atoms with Gasteiger partial charge in [-0.1, -0.05) is 67.4 Å². The van der Waals surface area contributed by atoms with Crippen LogP contribution in [0.4, 0.5) is 0 Å². The summed E-state index contributed by atoms with van der Waals surface area (Å²) in [6.45, 7) is 4.20. The fourth-order valence-electron chi connectivity index (χ4n) is 2.69. The maximum atomic E-state index is 10.9. The molecule has 22 heavy (non-hydrogen) atoms. The molecule has 0 spiro atoms. The Kier molecular flexibility index (Phi) is 5.79. The molecule has 0 bridgehead atoms. The summed E-state index contributed by atoms with van der Waals surface area (Å²) >= 11 is 0. The Morgan fingerprint density at radius 3 is 2.27 bits per heavy atom. The number of para-hydroxylation sites is 1. The summed E-state index contributed by atoms with van der Waals surface area (Å²) in [5.74, 6) is 0.211. The van der Waals surface area contributed by atoms with E-state index in [9.17, 15) is 10.2 Å². The van der Waals surface area contributed by atoms with Crippen LogP contribution < -0.4 is 0 Å². The first-order valence-electron chi connectivity index (χ1n) is 7.86. The summed E-state index contributed by atoms with van der Waals surface area (Å²) in [5, 5.41) is 21.1. The summed E-state index contributed by atoms with van der Waals surface area (Å²) < 4.78 is 0. The predicted octanol–water partition coefficient (Wildman–Crippen LogP) is 5.09. The van der Waals surface area contributed by atoms with Crippen LogP contribution in [0, 0.1) is 0 Å². The molecule has 2 heteroatoms. The van der Waals surface area contributed by atoms with Crippen molar-refractivity contribution in [2.24, 2.45) is 0 Å². The SMILES string of the molecule is CCCC/C(C)=C(/c1ccccc1O)C(O)c1ccccc1. The minimum atomic E-state index is -0.730. The van der Waals surface area contributed by atoms with E-state index in [0.717, 1.165) is 36.0 Å². The van der Waals surface area contributed by atoms with Crippen molar-refractivity contribution in [1.82, 2.24) is 0 Å². The molecule has 2 N–H and O–H groups in total. The molecule has 0 amide bonds. The van der Waals surface area contributed by atoms with Gasteiger partial charge in [0.15, 0.2) is 0 Å². The molecule has 0 radical (unpaired) electrons. The topological polar surface area (TPSA) is 40.5 Å². The molecule has 0 heterocycles. The second kappa shape index (κ2) is 7.81. The van der Waals surface area contributed by atoms with E-state index in [1.165, 1.54) is 0 Å². The number of benzene rings is 2. The Balaban J connectivity index is 2.49. The average molecular weight is 296 g/mol. The number of aromatic hydroxyl groups is 1. The molecule has 1 atom stereocenters. The number of hydrogen-bond acceptors (Lipinski definition) is 2. The summed E-state index contributed by atoms with van der Waals surface area (Å²) in [4.78, 5) is 0. The van der Waals surface area contributed by atoms with Crippen LogP contribution in [0.15, 0.2) is 60.2 Å². The Labute approximate surface area is 132 Å². The summed E-state index contributed by atoms with van der Waals surface area (Å²) in [5.41, 5.74) is 3.50. The third kappa shape index (κ3) is 3.77. The minimum absolute atomic E-state index is 0.211. The number of allylic oxidation sites excluding steroid dienone is 1. The third-order valence-electron chi connectivity index (χ3n) is 3.95. The van der Waals surface area contributed by atoms with Gasteiger partial charge in [0.2, 0.25) is 0 Å². The van der Waals surface area contributed by atoms with Crippen molar-refractivity contribution >= 4 is 5.57 Å². The van der Waals surface area contributed by atoms with E-state index >= 15 is 0 Å². The number of phenolic OH excluding ortho intramolecular Hbond substituents is 1. The standard InChI is InChI=1S/C20H24O2/c1-3-4-10-15(2)19(17-13-8-9-14-18(17)21)20(22)16-11-6-5-7-12-16/h5-9,11-14,20-22H,3-4,10H2,1-2H3/b19-15-. The third-order valence-corrected chi connectivity index (χ3v) is 3.95. The lowest BCUT2D eigenvalue weighted by atomic mass is 9.89. The Bertz CT molecular complexity index is 629. The highest BCUT2D eigenvalue weighted by molar-refractivity contribution is 5.76. The summed E-state index contributed by atoms with van der Waals surface area (Å²) in [6.07, 6.45) is 2.37. The molecule has 0 aromatic heterocycles. The number of aliphatic hydroxyl groups is 1. The van der Waals surface area contributed by atoms with Gasteiger partial charge < -0.3 is 10.2 Å². The molecule has 0 aliphatic rings. The fraction of sp³-hybridized carbons (Fsp3) is 0.300. The van der Waals surface area contributed by atoms with Crippen LogP contribution in [0.25, 0.3) is 5.57 Å². The van der Waals surface area contributed by atoms with Crippen LogP contribution in [0.5, 0.6) is 5.75 Å². The molecule has 2 rings (SSSR count). The quantitative estimate of drug-likeness (QED) is 0.779. The normalized spacial score (nSPS) is 13.6. The van der Waals surface area contributed by atoms with Crippen molar-refractivity contribution in [3.05, 3.63) is 71.3 Å². The van der Waals surface area contributed by atoms with E-state index in [-0.39, 0.29) is 5.75 Å². The number of hydrogen-bond donors (Lipinski definition) is 2. The lowest BCUT2D eigenvalue weighted by molar-refractivity contribution is 0.237. The van der Waals surface area contributed by atoms with Crippen molar-refractivity contribution in [3.63, 3.8) is 0 Å². The molecular weight excluding hydrogens is 272 g/mol. The zero-order chi connectivity index (χ0) is 15.9. The second-order valence-electron chi connectivity index (χ2n) is 5.63. The summed E-state index contributed by atoms with van der Waals surface area (Å²) in [6, 6.07) is 16.8. The van der Waals surface area contributed by atoms with Gasteiger partial charge in [-0.3, -0.25) is 0 Å². The molecule has 0 aliphatic heterocycles. The smallest absolute Gasteiger partial charge is 0.123 e. The lowest BCUT2D eigenvalue weighted by Crippen LogP contribution is -2.04. The highest BCUT2D eigenvalue weighted by Gasteiger charge is 2.20. The van der Waals surface area contributed by atoms with Crippen LogP contribution in [-0.4, -0.2) is 10.2 Å². The molecule has 1 unspecified atom stereocenters. The van der Waals surface area contributed by atoms with Crippen LogP contribution in [0.3, 0.4) is 0 Å². The maximum Gasteiger partial charge on any atom is 0.123 e. The molecule has 0 aliphatic carbocycles. The van der Waals surface area contributed by atoms with E-state index in [4.69, 9.17) is 0 Å². The number of unbranched alkanes of at least 4 members (excludes halogenated alkanes) is 1. The highest BCUT2D eigenvalue weighted by atomic mass is 16.3. The molecular formula is C20H24O2. The van der Waals surface area contributed by atoms with Crippen molar-refractivity contribution in [2.75, 3.05) is 0 Å². The monoisotopic (exact) mass is 296 g/mol. The number of phenols is 1. The number of rotatable bonds is 6. The van der Waals surface area contributed by atoms with Gasteiger partial charge in [-0.2, -0.15) is 0 Å². The van der Waals surface area contributed by atoms with E-state index < -0.39 is 6.10 Å². The van der Waals surface area contributed by atoms with Crippen LogP contribution >= 0.6 is 0 Å². The molecule has 2 aromatic rings. The van der Waals surface area contributed by atoms with E-state index in [0.29, 0.717) is 5.56 Å². The molecule has 0 fully saturated rings. The second-order valence-corrected chi connectivity index (χ2v) is 5.63. The first-order chi connectivity index (χ1) is 10.6.